The molecule has 0 unspecified atom stereocenters. The van der Waals surface area contributed by atoms with Gasteiger partial charge in [-0.25, -0.2) is 8.42 Å². The van der Waals surface area contributed by atoms with E-state index in [0.717, 1.165) is 0 Å². The number of nitrogens with one attached hydrogen (secondary N) is 1. The van der Waals surface area contributed by atoms with Crippen LogP contribution in [-0.4, -0.2) is 33.7 Å². The SMILES string of the molecule is COc1ccccc1Oc1ccc(NC(=O)c2cccc(N3CCCS3(=O)=O)c2)cc1. The minimum atomic E-state index is -3.30. The van der Waals surface area contributed by atoms with Gasteiger partial charge in [-0.3, -0.25) is 9.10 Å². The number of carbonyl (C=O) groups excluding carboxylic acids is 1. The number of ether oxygens (including phenoxy) is 2. The van der Waals surface area contributed by atoms with Gasteiger partial charge in [0.25, 0.3) is 5.91 Å². The van der Waals surface area contributed by atoms with E-state index in [-0.39, 0.29) is 11.7 Å². The van der Waals surface area contributed by atoms with Gasteiger partial charge >= 0.3 is 0 Å². The van der Waals surface area contributed by atoms with Crippen LogP contribution in [0.25, 0.3) is 0 Å². The first kappa shape index (κ1) is 20.7. The Hall–Kier alpha value is -3.52. The molecule has 0 radical (unpaired) electrons. The molecule has 1 amide bonds. The third-order valence-corrected chi connectivity index (χ3v) is 6.77. The lowest BCUT2D eigenvalue weighted by atomic mass is 10.1. The smallest absolute Gasteiger partial charge is 0.255 e. The zero-order chi connectivity index (χ0) is 21.8. The van der Waals surface area contributed by atoms with Gasteiger partial charge in [-0.05, 0) is 61.0 Å². The Morgan fingerprint density at radius 3 is 2.39 bits per heavy atom. The van der Waals surface area contributed by atoms with Crippen molar-refractivity contribution in [3.8, 4) is 17.2 Å². The molecule has 1 aliphatic heterocycles. The van der Waals surface area contributed by atoms with Gasteiger partial charge in [-0.15, -0.1) is 0 Å². The molecule has 0 atom stereocenters. The fourth-order valence-corrected chi connectivity index (χ4v) is 4.93. The number of carbonyl (C=O) groups is 1. The van der Waals surface area contributed by atoms with Crippen LogP contribution in [0.4, 0.5) is 11.4 Å². The summed E-state index contributed by atoms with van der Waals surface area (Å²) in [6.45, 7) is 0.432. The second-order valence-corrected chi connectivity index (χ2v) is 9.04. The fraction of sp³-hybridized carbons (Fsp3) is 0.174. The van der Waals surface area contributed by atoms with E-state index in [1.54, 1.807) is 55.6 Å². The second kappa shape index (κ2) is 8.69. The first-order chi connectivity index (χ1) is 15.0. The summed E-state index contributed by atoms with van der Waals surface area (Å²) in [6, 6.07) is 20.9. The van der Waals surface area contributed by atoms with Gasteiger partial charge in [-0.1, -0.05) is 18.2 Å². The highest BCUT2D eigenvalue weighted by Crippen LogP contribution is 2.31. The van der Waals surface area contributed by atoms with Crippen molar-refractivity contribution in [3.05, 3.63) is 78.4 Å². The molecule has 0 bridgehead atoms. The van der Waals surface area contributed by atoms with E-state index >= 15 is 0 Å². The van der Waals surface area contributed by atoms with Crippen LogP contribution < -0.4 is 19.1 Å². The summed E-state index contributed by atoms with van der Waals surface area (Å²) in [5, 5.41) is 2.82. The van der Waals surface area contributed by atoms with Crippen molar-refractivity contribution in [2.75, 3.05) is 29.0 Å². The molecule has 1 aliphatic rings. The largest absolute Gasteiger partial charge is 0.493 e. The predicted octanol–water partition coefficient (Wildman–Crippen LogP) is 4.28. The van der Waals surface area contributed by atoms with Crippen molar-refractivity contribution in [2.45, 2.75) is 6.42 Å². The van der Waals surface area contributed by atoms with Crippen LogP contribution >= 0.6 is 0 Å². The summed E-state index contributed by atoms with van der Waals surface area (Å²) in [6.07, 6.45) is 0.585. The van der Waals surface area contributed by atoms with Gasteiger partial charge < -0.3 is 14.8 Å². The highest BCUT2D eigenvalue weighted by molar-refractivity contribution is 7.93. The van der Waals surface area contributed by atoms with Crippen molar-refractivity contribution in [2.24, 2.45) is 0 Å². The number of hydrogen-bond donors (Lipinski definition) is 1. The van der Waals surface area contributed by atoms with E-state index in [0.29, 0.717) is 47.2 Å². The van der Waals surface area contributed by atoms with Crippen molar-refractivity contribution < 1.29 is 22.7 Å². The Kier molecular flexibility index (Phi) is 5.81. The van der Waals surface area contributed by atoms with Crippen molar-refractivity contribution >= 4 is 27.3 Å². The van der Waals surface area contributed by atoms with Gasteiger partial charge in [0.15, 0.2) is 11.5 Å². The highest BCUT2D eigenvalue weighted by atomic mass is 32.2. The van der Waals surface area contributed by atoms with Crippen LogP contribution in [0, 0.1) is 0 Å². The Bertz CT molecular complexity index is 1190. The number of hydrogen-bond acceptors (Lipinski definition) is 5. The van der Waals surface area contributed by atoms with Gasteiger partial charge in [-0.2, -0.15) is 0 Å². The molecule has 0 aliphatic carbocycles. The molecular formula is C23H22N2O5S. The van der Waals surface area contributed by atoms with Crippen LogP contribution in [0.2, 0.25) is 0 Å². The highest BCUT2D eigenvalue weighted by Gasteiger charge is 2.28. The van der Waals surface area contributed by atoms with Gasteiger partial charge in [0.2, 0.25) is 10.0 Å². The number of benzene rings is 3. The molecule has 0 saturated carbocycles. The van der Waals surface area contributed by atoms with Crippen LogP contribution in [0.15, 0.2) is 72.8 Å². The van der Waals surface area contributed by atoms with Crippen LogP contribution in [-0.2, 0) is 10.0 Å². The quantitative estimate of drug-likeness (QED) is 0.621. The molecule has 1 N–H and O–H groups in total. The fourth-order valence-electron chi connectivity index (χ4n) is 3.37. The van der Waals surface area contributed by atoms with Crippen molar-refractivity contribution in [1.82, 2.24) is 0 Å². The Morgan fingerprint density at radius 1 is 0.968 bits per heavy atom. The lowest BCUT2D eigenvalue weighted by Crippen LogP contribution is -2.25. The van der Waals surface area contributed by atoms with E-state index in [9.17, 15) is 13.2 Å². The maximum atomic E-state index is 12.7. The van der Waals surface area contributed by atoms with Crippen molar-refractivity contribution in [1.29, 1.82) is 0 Å². The Labute approximate surface area is 181 Å². The van der Waals surface area contributed by atoms with Gasteiger partial charge in [0.1, 0.15) is 5.75 Å². The van der Waals surface area contributed by atoms with Gasteiger partial charge in [0, 0.05) is 17.8 Å². The average molecular weight is 439 g/mol. The molecule has 0 aromatic heterocycles. The zero-order valence-electron chi connectivity index (χ0n) is 16.9. The summed E-state index contributed by atoms with van der Waals surface area (Å²) in [4.78, 5) is 12.7. The summed E-state index contributed by atoms with van der Waals surface area (Å²) in [5.41, 5.74) is 1.48. The second-order valence-electron chi connectivity index (χ2n) is 7.02. The van der Waals surface area contributed by atoms with Crippen LogP contribution in [0.3, 0.4) is 0 Å². The molecule has 31 heavy (non-hydrogen) atoms. The van der Waals surface area contributed by atoms with E-state index in [2.05, 4.69) is 5.32 Å². The minimum absolute atomic E-state index is 0.132. The summed E-state index contributed by atoms with van der Waals surface area (Å²) in [7, 11) is -1.72. The lowest BCUT2D eigenvalue weighted by molar-refractivity contribution is 0.102. The van der Waals surface area contributed by atoms with Gasteiger partial charge in [0.05, 0.1) is 18.6 Å². The molecule has 1 saturated heterocycles. The molecule has 3 aromatic carbocycles. The monoisotopic (exact) mass is 438 g/mol. The molecule has 8 heteroatoms. The maximum Gasteiger partial charge on any atom is 0.255 e. The number of rotatable bonds is 6. The van der Waals surface area contributed by atoms with E-state index in [4.69, 9.17) is 9.47 Å². The number of anilines is 2. The molecule has 7 nitrogen and oxygen atoms in total. The third-order valence-electron chi connectivity index (χ3n) is 4.90. The Balaban J connectivity index is 1.45. The minimum Gasteiger partial charge on any atom is -0.493 e. The first-order valence-electron chi connectivity index (χ1n) is 9.79. The first-order valence-corrected chi connectivity index (χ1v) is 11.4. The topological polar surface area (TPSA) is 84.9 Å². The summed E-state index contributed by atoms with van der Waals surface area (Å²) < 4.78 is 36.8. The van der Waals surface area contributed by atoms with E-state index in [1.807, 2.05) is 24.3 Å². The molecule has 4 rings (SSSR count). The summed E-state index contributed by atoms with van der Waals surface area (Å²) in [5.74, 6) is 1.63. The average Bonchev–Trinajstić information content (AvgIpc) is 3.14. The number of amides is 1. The van der Waals surface area contributed by atoms with Crippen LogP contribution in [0.1, 0.15) is 16.8 Å². The van der Waals surface area contributed by atoms with E-state index in [1.165, 1.54) is 4.31 Å². The third kappa shape index (κ3) is 4.64. The van der Waals surface area contributed by atoms with E-state index < -0.39 is 10.0 Å². The summed E-state index contributed by atoms with van der Waals surface area (Å²) >= 11 is 0. The standard InChI is InChI=1S/C23H22N2O5S/c1-29-21-8-2-3-9-22(21)30-20-12-10-18(11-13-20)24-23(26)17-6-4-7-19(16-17)25-14-5-15-31(25,27)28/h2-4,6-13,16H,5,14-15H2,1H3,(H,24,26). The Morgan fingerprint density at radius 2 is 1.71 bits per heavy atom. The molecule has 160 valence electrons. The molecule has 0 spiro atoms. The van der Waals surface area contributed by atoms with Crippen molar-refractivity contribution in [3.63, 3.8) is 0 Å². The number of nitrogens with zero attached hydrogens (tertiary/aromatic N) is 1. The zero-order valence-corrected chi connectivity index (χ0v) is 17.8. The molecule has 3 aromatic rings. The lowest BCUT2D eigenvalue weighted by Gasteiger charge is -2.17. The molecule has 1 fully saturated rings. The molecular weight excluding hydrogens is 416 g/mol. The maximum absolute atomic E-state index is 12.7. The predicted molar refractivity (Wildman–Crippen MR) is 120 cm³/mol. The number of methoxy groups -OCH3 is 1. The van der Waals surface area contributed by atoms with Crippen LogP contribution in [0.5, 0.6) is 17.2 Å². The normalized spacial score (nSPS) is 14.8. The molecule has 1 heterocycles. The number of para-hydroxylation sites is 2. The number of sulfonamides is 1.